The zero-order chi connectivity index (χ0) is 11.3. The van der Waals surface area contributed by atoms with Gasteiger partial charge in [-0.1, -0.05) is 35.0 Å². The van der Waals surface area contributed by atoms with Gasteiger partial charge in [-0.05, 0) is 18.1 Å². The van der Waals surface area contributed by atoms with Crippen LogP contribution >= 0.6 is 15.9 Å². The molecule has 82 valence electrons. The summed E-state index contributed by atoms with van der Waals surface area (Å²) < 4.78 is 5.30. The topological polar surface area (TPSA) is 26.3 Å². The number of methoxy groups -OCH3 is 1. The molecule has 1 aromatic carbocycles. The average molecular weight is 271 g/mol. The number of ketones is 1. The van der Waals surface area contributed by atoms with Crippen molar-refractivity contribution in [2.75, 3.05) is 12.4 Å². The predicted octanol–water partition coefficient (Wildman–Crippen LogP) is 3.23. The number of Topliss-reactive ketones (excluding diaryl/α,β-unsaturated/α-hetero) is 1. The van der Waals surface area contributed by atoms with Gasteiger partial charge in [0.15, 0.2) is 5.78 Å². The molecular weight excluding hydrogens is 256 g/mol. The molecule has 3 heteroatoms. The number of carbonyl (C=O) groups is 1. The number of hydrogen-bond donors (Lipinski definition) is 0. The number of hydrogen-bond acceptors (Lipinski definition) is 2. The van der Waals surface area contributed by atoms with Gasteiger partial charge in [-0.15, -0.1) is 0 Å². The first kappa shape index (κ1) is 12.2. The summed E-state index contributed by atoms with van der Waals surface area (Å²) >= 11 is 3.27. The monoisotopic (exact) mass is 270 g/mol. The van der Waals surface area contributed by atoms with Crippen LogP contribution in [0.15, 0.2) is 18.2 Å². The number of ether oxygens (including phenoxy) is 1. The molecule has 0 saturated heterocycles. The molecule has 0 aromatic heterocycles. The smallest absolute Gasteiger partial charge is 0.167 e. The Morgan fingerprint density at radius 2 is 2.20 bits per heavy atom. The number of aryl methyl sites for hydroxylation is 1. The summed E-state index contributed by atoms with van der Waals surface area (Å²) in [6.07, 6.45) is 1.38. The van der Waals surface area contributed by atoms with Gasteiger partial charge in [0.25, 0.3) is 0 Å². The van der Waals surface area contributed by atoms with Gasteiger partial charge in [0.1, 0.15) is 5.75 Å². The van der Waals surface area contributed by atoms with Crippen LogP contribution in [0.5, 0.6) is 5.75 Å². The third kappa shape index (κ3) is 2.81. The van der Waals surface area contributed by atoms with Crippen molar-refractivity contribution in [2.45, 2.75) is 19.8 Å². The lowest BCUT2D eigenvalue weighted by atomic mass is 10.0. The maximum atomic E-state index is 11.8. The Morgan fingerprint density at radius 1 is 1.47 bits per heavy atom. The van der Waals surface area contributed by atoms with Crippen molar-refractivity contribution >= 4 is 21.7 Å². The van der Waals surface area contributed by atoms with Crippen LogP contribution in [0.3, 0.4) is 0 Å². The van der Waals surface area contributed by atoms with Gasteiger partial charge in [-0.2, -0.15) is 0 Å². The summed E-state index contributed by atoms with van der Waals surface area (Å²) in [5.74, 6) is 0.852. The number of para-hydroxylation sites is 1. The highest BCUT2D eigenvalue weighted by molar-refractivity contribution is 9.09. The number of alkyl halides is 1. The van der Waals surface area contributed by atoms with E-state index in [2.05, 4.69) is 22.9 Å². The van der Waals surface area contributed by atoms with Crippen LogP contribution in [-0.4, -0.2) is 18.2 Å². The van der Waals surface area contributed by atoms with Crippen LogP contribution in [-0.2, 0) is 6.42 Å². The summed E-state index contributed by atoms with van der Waals surface area (Å²) in [4.78, 5) is 11.8. The zero-order valence-corrected chi connectivity index (χ0v) is 10.6. The number of carbonyl (C=O) groups excluding carboxylic acids is 1. The van der Waals surface area contributed by atoms with Crippen LogP contribution in [0.2, 0.25) is 0 Å². The summed E-state index contributed by atoms with van der Waals surface area (Å²) in [5, 5.41) is 0.686. The standard InChI is InChI=1S/C12H15BrO2/c1-3-9-5-4-6-10(12(9)15-2)11(14)7-8-13/h4-6H,3,7-8H2,1-2H3. The zero-order valence-electron chi connectivity index (χ0n) is 9.05. The maximum absolute atomic E-state index is 11.8. The number of rotatable bonds is 5. The predicted molar refractivity (Wildman–Crippen MR) is 65.1 cm³/mol. The lowest BCUT2D eigenvalue weighted by Crippen LogP contribution is -2.04. The molecule has 0 aliphatic heterocycles. The molecule has 1 aromatic rings. The second kappa shape index (κ2) is 5.91. The van der Waals surface area contributed by atoms with Crippen molar-refractivity contribution in [1.82, 2.24) is 0 Å². The minimum atomic E-state index is 0.124. The highest BCUT2D eigenvalue weighted by atomic mass is 79.9. The van der Waals surface area contributed by atoms with Crippen LogP contribution in [0.1, 0.15) is 29.3 Å². The minimum absolute atomic E-state index is 0.124. The highest BCUT2D eigenvalue weighted by Gasteiger charge is 2.13. The summed E-state index contributed by atoms with van der Waals surface area (Å²) in [5.41, 5.74) is 1.77. The molecular formula is C12H15BrO2. The minimum Gasteiger partial charge on any atom is -0.496 e. The fourth-order valence-electron chi connectivity index (χ4n) is 1.54. The molecule has 0 saturated carbocycles. The van der Waals surface area contributed by atoms with Gasteiger partial charge in [0.05, 0.1) is 12.7 Å². The van der Waals surface area contributed by atoms with Gasteiger partial charge in [-0.25, -0.2) is 0 Å². The molecule has 15 heavy (non-hydrogen) atoms. The van der Waals surface area contributed by atoms with Crippen molar-refractivity contribution in [1.29, 1.82) is 0 Å². The highest BCUT2D eigenvalue weighted by Crippen LogP contribution is 2.25. The molecule has 0 radical (unpaired) electrons. The van der Waals surface area contributed by atoms with Crippen molar-refractivity contribution in [3.8, 4) is 5.75 Å². The van der Waals surface area contributed by atoms with E-state index in [4.69, 9.17) is 4.74 Å². The SMILES string of the molecule is CCc1cccc(C(=O)CCBr)c1OC. The molecule has 0 spiro atoms. The quantitative estimate of drug-likeness (QED) is 0.607. The Labute approximate surface area is 98.8 Å². The molecule has 0 amide bonds. The summed E-state index contributed by atoms with van der Waals surface area (Å²) in [6.45, 7) is 2.05. The molecule has 0 heterocycles. The Bertz CT molecular complexity index is 347. The van der Waals surface area contributed by atoms with E-state index in [1.807, 2.05) is 18.2 Å². The van der Waals surface area contributed by atoms with Gasteiger partial charge < -0.3 is 4.74 Å². The fraction of sp³-hybridized carbons (Fsp3) is 0.417. The van der Waals surface area contributed by atoms with Gasteiger partial charge >= 0.3 is 0 Å². The van der Waals surface area contributed by atoms with E-state index in [0.29, 0.717) is 17.3 Å². The van der Waals surface area contributed by atoms with Gasteiger partial charge in [-0.3, -0.25) is 4.79 Å². The van der Waals surface area contributed by atoms with E-state index >= 15 is 0 Å². The third-order valence-corrected chi connectivity index (χ3v) is 2.70. The Hall–Kier alpha value is -0.830. The average Bonchev–Trinajstić information content (AvgIpc) is 2.28. The molecule has 0 aliphatic carbocycles. The van der Waals surface area contributed by atoms with E-state index < -0.39 is 0 Å². The Kier molecular flexibility index (Phi) is 4.82. The lowest BCUT2D eigenvalue weighted by Gasteiger charge is -2.11. The van der Waals surface area contributed by atoms with Gasteiger partial charge in [0, 0.05) is 11.8 Å². The Balaban J connectivity index is 3.11. The van der Waals surface area contributed by atoms with Crippen molar-refractivity contribution in [3.63, 3.8) is 0 Å². The molecule has 1 rings (SSSR count). The van der Waals surface area contributed by atoms with Gasteiger partial charge in [0.2, 0.25) is 0 Å². The Morgan fingerprint density at radius 3 is 2.73 bits per heavy atom. The van der Waals surface area contributed by atoms with Crippen LogP contribution in [0, 0.1) is 0 Å². The van der Waals surface area contributed by atoms with E-state index in [0.717, 1.165) is 17.7 Å². The lowest BCUT2D eigenvalue weighted by molar-refractivity contribution is 0.0987. The first-order valence-corrected chi connectivity index (χ1v) is 6.11. The molecule has 0 N–H and O–H groups in total. The van der Waals surface area contributed by atoms with Crippen molar-refractivity contribution < 1.29 is 9.53 Å². The number of halogens is 1. The first-order valence-electron chi connectivity index (χ1n) is 4.99. The van der Waals surface area contributed by atoms with Crippen molar-refractivity contribution in [2.24, 2.45) is 0 Å². The molecule has 2 nitrogen and oxygen atoms in total. The maximum Gasteiger partial charge on any atom is 0.167 e. The van der Waals surface area contributed by atoms with Crippen LogP contribution < -0.4 is 4.74 Å². The normalized spacial score (nSPS) is 10.1. The second-order valence-corrected chi connectivity index (χ2v) is 4.01. The fourth-order valence-corrected chi connectivity index (χ4v) is 1.90. The summed E-state index contributed by atoms with van der Waals surface area (Å²) in [6, 6.07) is 5.72. The van der Waals surface area contributed by atoms with E-state index in [1.54, 1.807) is 7.11 Å². The van der Waals surface area contributed by atoms with E-state index in [-0.39, 0.29) is 5.78 Å². The molecule has 0 unspecified atom stereocenters. The molecule has 0 bridgehead atoms. The second-order valence-electron chi connectivity index (χ2n) is 3.21. The van der Waals surface area contributed by atoms with Crippen LogP contribution in [0.4, 0.5) is 0 Å². The molecule has 0 fully saturated rings. The first-order chi connectivity index (χ1) is 7.24. The largest absolute Gasteiger partial charge is 0.496 e. The van der Waals surface area contributed by atoms with E-state index in [9.17, 15) is 4.79 Å². The third-order valence-electron chi connectivity index (χ3n) is 2.30. The molecule has 0 aliphatic rings. The number of benzene rings is 1. The molecule has 0 atom stereocenters. The van der Waals surface area contributed by atoms with E-state index in [1.165, 1.54) is 0 Å². The van der Waals surface area contributed by atoms with Crippen LogP contribution in [0.25, 0.3) is 0 Å². The summed E-state index contributed by atoms with van der Waals surface area (Å²) in [7, 11) is 1.61. The van der Waals surface area contributed by atoms with Crippen molar-refractivity contribution in [3.05, 3.63) is 29.3 Å².